The Bertz CT molecular complexity index is 601. The Kier molecular flexibility index (Phi) is 2.14. The molecule has 0 amide bonds. The Morgan fingerprint density at radius 3 is 2.75 bits per heavy atom. The summed E-state index contributed by atoms with van der Waals surface area (Å²) in [5, 5.41) is 5.14. The molecule has 0 aliphatic carbocycles. The summed E-state index contributed by atoms with van der Waals surface area (Å²) in [5.41, 5.74) is 2.77. The molecule has 2 aromatic heterocycles. The summed E-state index contributed by atoms with van der Waals surface area (Å²) in [6, 6.07) is 13.7. The van der Waals surface area contributed by atoms with Crippen LogP contribution < -0.4 is 0 Å². The molecule has 16 heavy (non-hydrogen) atoms. The first-order valence-corrected chi connectivity index (χ1v) is 5.17. The van der Waals surface area contributed by atoms with E-state index in [2.05, 4.69) is 10.1 Å². The summed E-state index contributed by atoms with van der Waals surface area (Å²) < 4.78 is 5.24. The molecule has 0 aliphatic rings. The minimum Gasteiger partial charge on any atom is -0.356 e. The Labute approximate surface area is 92.7 Å². The third kappa shape index (κ3) is 1.56. The molecular weight excluding hydrogens is 200 g/mol. The van der Waals surface area contributed by atoms with Gasteiger partial charge >= 0.3 is 0 Å². The van der Waals surface area contributed by atoms with Crippen LogP contribution in [0.3, 0.4) is 0 Å². The van der Waals surface area contributed by atoms with Gasteiger partial charge in [0.2, 0.25) is 0 Å². The van der Waals surface area contributed by atoms with Crippen LogP contribution in [0.5, 0.6) is 0 Å². The summed E-state index contributed by atoms with van der Waals surface area (Å²) in [4.78, 5) is 4.28. The van der Waals surface area contributed by atoms with Gasteiger partial charge in [-0.25, -0.2) is 0 Å². The lowest BCUT2D eigenvalue weighted by Crippen LogP contribution is -1.91. The van der Waals surface area contributed by atoms with Crippen molar-refractivity contribution in [3.05, 3.63) is 60.0 Å². The number of hydrogen-bond donors (Lipinski definition) is 0. The molecular formula is C13H10N2O. The number of hydrogen-bond acceptors (Lipinski definition) is 3. The molecule has 0 unspecified atom stereocenters. The molecule has 0 spiro atoms. The van der Waals surface area contributed by atoms with Gasteiger partial charge in [-0.3, -0.25) is 4.98 Å². The van der Waals surface area contributed by atoms with Crippen molar-refractivity contribution in [2.75, 3.05) is 0 Å². The standard InChI is InChI=1S/C13H10N2O/c1-2-7-13-11(6-1)12(15-16-13)9-10-5-3-4-8-14-10/h1-8H,9H2. The van der Waals surface area contributed by atoms with E-state index in [0.29, 0.717) is 6.42 Å². The van der Waals surface area contributed by atoms with Crippen LogP contribution in [-0.2, 0) is 6.42 Å². The smallest absolute Gasteiger partial charge is 0.167 e. The maximum absolute atomic E-state index is 5.24. The van der Waals surface area contributed by atoms with Gasteiger partial charge in [-0.2, -0.15) is 0 Å². The predicted molar refractivity (Wildman–Crippen MR) is 61.1 cm³/mol. The number of nitrogens with zero attached hydrogens (tertiary/aromatic N) is 2. The van der Waals surface area contributed by atoms with Gasteiger partial charge in [-0.15, -0.1) is 0 Å². The Morgan fingerprint density at radius 1 is 1.00 bits per heavy atom. The van der Waals surface area contributed by atoms with E-state index in [1.54, 1.807) is 6.20 Å². The maximum atomic E-state index is 5.24. The molecule has 0 aliphatic heterocycles. The zero-order chi connectivity index (χ0) is 10.8. The van der Waals surface area contributed by atoms with Gasteiger partial charge in [0.1, 0.15) is 0 Å². The monoisotopic (exact) mass is 210 g/mol. The lowest BCUT2D eigenvalue weighted by atomic mass is 10.1. The van der Waals surface area contributed by atoms with Gasteiger partial charge in [0.25, 0.3) is 0 Å². The largest absolute Gasteiger partial charge is 0.356 e. The second-order valence-corrected chi connectivity index (χ2v) is 3.62. The summed E-state index contributed by atoms with van der Waals surface area (Å²) in [7, 11) is 0. The highest BCUT2D eigenvalue weighted by atomic mass is 16.5. The van der Waals surface area contributed by atoms with Crippen LogP contribution >= 0.6 is 0 Å². The zero-order valence-corrected chi connectivity index (χ0v) is 8.63. The molecule has 1 aromatic carbocycles. The van der Waals surface area contributed by atoms with Crippen LogP contribution in [0.1, 0.15) is 11.4 Å². The van der Waals surface area contributed by atoms with Crippen molar-refractivity contribution in [1.29, 1.82) is 0 Å². The molecule has 0 fully saturated rings. The summed E-state index contributed by atoms with van der Waals surface area (Å²) in [6.07, 6.45) is 2.50. The highest BCUT2D eigenvalue weighted by Crippen LogP contribution is 2.19. The van der Waals surface area contributed by atoms with Gasteiger partial charge in [-0.1, -0.05) is 23.4 Å². The number of benzene rings is 1. The number of fused-ring (bicyclic) bond motifs is 1. The predicted octanol–water partition coefficient (Wildman–Crippen LogP) is 2.81. The van der Waals surface area contributed by atoms with Crippen LogP contribution in [0.25, 0.3) is 11.0 Å². The minimum absolute atomic E-state index is 0.706. The lowest BCUT2D eigenvalue weighted by molar-refractivity contribution is 0.447. The fraction of sp³-hybridized carbons (Fsp3) is 0.0769. The Morgan fingerprint density at radius 2 is 1.88 bits per heavy atom. The molecule has 78 valence electrons. The van der Waals surface area contributed by atoms with E-state index < -0.39 is 0 Å². The highest BCUT2D eigenvalue weighted by molar-refractivity contribution is 5.79. The van der Waals surface area contributed by atoms with E-state index in [9.17, 15) is 0 Å². The van der Waals surface area contributed by atoms with E-state index in [-0.39, 0.29) is 0 Å². The van der Waals surface area contributed by atoms with Gasteiger partial charge in [0.15, 0.2) is 5.58 Å². The molecule has 3 nitrogen and oxygen atoms in total. The van der Waals surface area contributed by atoms with Gasteiger partial charge < -0.3 is 4.52 Å². The average Bonchev–Trinajstić information content (AvgIpc) is 2.74. The van der Waals surface area contributed by atoms with Crippen molar-refractivity contribution >= 4 is 11.0 Å². The van der Waals surface area contributed by atoms with E-state index in [1.165, 1.54) is 0 Å². The average molecular weight is 210 g/mol. The van der Waals surface area contributed by atoms with Gasteiger partial charge in [0, 0.05) is 23.7 Å². The first kappa shape index (κ1) is 9.09. The SMILES string of the molecule is c1ccc(Cc2noc3ccccc23)nc1. The summed E-state index contributed by atoms with van der Waals surface area (Å²) in [6.45, 7) is 0. The van der Waals surface area contributed by atoms with Crippen LogP contribution in [-0.4, -0.2) is 10.1 Å². The maximum Gasteiger partial charge on any atom is 0.167 e. The molecule has 0 bridgehead atoms. The number of rotatable bonds is 2. The van der Waals surface area contributed by atoms with Crippen molar-refractivity contribution in [3.63, 3.8) is 0 Å². The number of para-hydroxylation sites is 1. The first-order valence-electron chi connectivity index (χ1n) is 5.17. The second-order valence-electron chi connectivity index (χ2n) is 3.62. The second kappa shape index (κ2) is 3.77. The molecule has 2 heterocycles. The van der Waals surface area contributed by atoms with Crippen LogP contribution in [0.15, 0.2) is 53.2 Å². The van der Waals surface area contributed by atoms with Crippen LogP contribution in [0.2, 0.25) is 0 Å². The third-order valence-electron chi connectivity index (χ3n) is 2.53. The molecule has 0 radical (unpaired) electrons. The minimum atomic E-state index is 0.706. The summed E-state index contributed by atoms with van der Waals surface area (Å²) >= 11 is 0. The quantitative estimate of drug-likeness (QED) is 0.652. The zero-order valence-electron chi connectivity index (χ0n) is 8.63. The van der Waals surface area contributed by atoms with Crippen LogP contribution in [0, 0.1) is 0 Å². The fourth-order valence-electron chi connectivity index (χ4n) is 1.74. The van der Waals surface area contributed by atoms with Crippen molar-refractivity contribution in [2.45, 2.75) is 6.42 Å². The molecule has 0 atom stereocenters. The lowest BCUT2D eigenvalue weighted by Gasteiger charge is -1.95. The Balaban J connectivity index is 2.01. The molecule has 0 saturated heterocycles. The van der Waals surface area contributed by atoms with Crippen molar-refractivity contribution in [2.24, 2.45) is 0 Å². The van der Waals surface area contributed by atoms with E-state index in [0.717, 1.165) is 22.4 Å². The number of pyridine rings is 1. The van der Waals surface area contributed by atoms with Crippen LogP contribution in [0.4, 0.5) is 0 Å². The highest BCUT2D eigenvalue weighted by Gasteiger charge is 2.07. The molecule has 0 N–H and O–H groups in total. The fourth-order valence-corrected chi connectivity index (χ4v) is 1.74. The van der Waals surface area contributed by atoms with Gasteiger partial charge in [0.05, 0.1) is 5.69 Å². The molecule has 3 aromatic rings. The first-order chi connectivity index (χ1) is 7.93. The van der Waals surface area contributed by atoms with E-state index in [4.69, 9.17) is 4.52 Å². The molecule has 3 heteroatoms. The topological polar surface area (TPSA) is 38.9 Å². The van der Waals surface area contributed by atoms with E-state index >= 15 is 0 Å². The third-order valence-corrected chi connectivity index (χ3v) is 2.53. The van der Waals surface area contributed by atoms with Crippen molar-refractivity contribution < 1.29 is 4.52 Å². The van der Waals surface area contributed by atoms with Gasteiger partial charge in [-0.05, 0) is 24.3 Å². The Hall–Kier alpha value is -2.16. The van der Waals surface area contributed by atoms with E-state index in [1.807, 2.05) is 42.5 Å². The summed E-state index contributed by atoms with van der Waals surface area (Å²) in [5.74, 6) is 0. The van der Waals surface area contributed by atoms with Crippen molar-refractivity contribution in [1.82, 2.24) is 10.1 Å². The normalized spacial score (nSPS) is 10.8. The number of aromatic nitrogens is 2. The molecule has 0 saturated carbocycles. The van der Waals surface area contributed by atoms with Crippen molar-refractivity contribution in [3.8, 4) is 0 Å². The molecule has 3 rings (SSSR count).